The quantitative estimate of drug-likeness (QED) is 0.136. The van der Waals surface area contributed by atoms with Gasteiger partial charge in [-0.1, -0.05) is 24.3 Å². The number of nitrogen functional groups attached to an aromatic ring is 1. The van der Waals surface area contributed by atoms with E-state index < -0.39 is 23.5 Å². The van der Waals surface area contributed by atoms with E-state index in [0.717, 1.165) is 25.0 Å². The predicted molar refractivity (Wildman–Crippen MR) is 198 cm³/mol. The molecule has 2 N–H and O–H groups in total. The molecule has 0 unspecified atom stereocenters. The van der Waals surface area contributed by atoms with E-state index in [-0.39, 0.29) is 58.1 Å². The monoisotopic (exact) mass is 777 g/mol. The number of imidazole rings is 1. The van der Waals surface area contributed by atoms with Crippen molar-refractivity contribution in [1.29, 1.82) is 0 Å². The molecule has 2 aliphatic heterocycles. The van der Waals surface area contributed by atoms with E-state index in [1.54, 1.807) is 66.1 Å². The van der Waals surface area contributed by atoms with Gasteiger partial charge in [0.15, 0.2) is 11.2 Å². The van der Waals surface area contributed by atoms with Crippen LogP contribution in [0.2, 0.25) is 0 Å². The van der Waals surface area contributed by atoms with E-state index in [1.165, 1.54) is 6.07 Å². The first-order valence-electron chi connectivity index (χ1n) is 18.3. The van der Waals surface area contributed by atoms with Gasteiger partial charge in [0, 0.05) is 49.3 Å². The number of fused-ring (bicyclic) bond motifs is 3. The van der Waals surface area contributed by atoms with Gasteiger partial charge in [-0.3, -0.25) is 0 Å². The zero-order valence-corrected chi connectivity index (χ0v) is 30.2. The van der Waals surface area contributed by atoms with Gasteiger partial charge in [-0.15, -0.1) is 0 Å². The Bertz CT molecular complexity index is 2440. The highest BCUT2D eigenvalue weighted by Crippen LogP contribution is 2.42. The van der Waals surface area contributed by atoms with Gasteiger partial charge in [0.25, 0.3) is 0 Å². The Balaban J connectivity index is 0.000000158. The highest BCUT2D eigenvalue weighted by atomic mass is 19.4. The number of aryl methyl sites for hydroxylation is 1. The van der Waals surface area contributed by atoms with Crippen LogP contribution in [0.3, 0.4) is 0 Å². The Morgan fingerprint density at radius 1 is 0.661 bits per heavy atom. The predicted octanol–water partition coefficient (Wildman–Crippen LogP) is 10.6. The van der Waals surface area contributed by atoms with Crippen molar-refractivity contribution in [3.05, 3.63) is 95.3 Å². The maximum Gasteiger partial charge on any atom is 0.418 e. The second-order valence-corrected chi connectivity index (χ2v) is 14.1. The molecule has 0 radical (unpaired) electrons. The van der Waals surface area contributed by atoms with Crippen LogP contribution in [0, 0.1) is 12.8 Å². The lowest BCUT2D eigenvalue weighted by Gasteiger charge is -2.26. The fourth-order valence-electron chi connectivity index (χ4n) is 7.61. The van der Waals surface area contributed by atoms with Gasteiger partial charge in [-0.05, 0) is 99.0 Å². The highest BCUT2D eigenvalue weighted by molar-refractivity contribution is 5.86. The zero-order chi connectivity index (χ0) is 39.2. The third-order valence-corrected chi connectivity index (χ3v) is 10.3. The molecule has 0 bridgehead atoms. The molecule has 0 saturated carbocycles. The first kappa shape index (κ1) is 37.5. The number of hydrogen-bond acceptors (Lipinski definition) is 8. The van der Waals surface area contributed by atoms with Crippen LogP contribution in [0.25, 0.3) is 56.1 Å². The molecule has 2 aliphatic rings. The average molecular weight is 778 g/mol. The summed E-state index contributed by atoms with van der Waals surface area (Å²) in [6, 6.07) is 19.4. The Kier molecular flexibility index (Phi) is 9.99. The molecule has 2 saturated heterocycles. The van der Waals surface area contributed by atoms with Crippen molar-refractivity contribution < 1.29 is 44.7 Å². The molecule has 56 heavy (non-hydrogen) atoms. The number of anilines is 1. The average Bonchev–Trinajstić information content (AvgIpc) is 3.90. The van der Waals surface area contributed by atoms with Crippen LogP contribution in [-0.4, -0.2) is 45.9 Å². The molecular weight excluding hydrogens is 740 g/mol. The minimum atomic E-state index is -4.53. The van der Waals surface area contributed by atoms with E-state index in [0.29, 0.717) is 72.8 Å². The molecule has 292 valence electrons. The number of alkyl halides is 6. The molecule has 4 aromatic carbocycles. The summed E-state index contributed by atoms with van der Waals surface area (Å²) in [5, 5.41) is 0. The lowest BCUT2D eigenvalue weighted by atomic mass is 9.88. The van der Waals surface area contributed by atoms with Crippen LogP contribution < -0.4 is 5.73 Å². The van der Waals surface area contributed by atoms with Crippen LogP contribution >= 0.6 is 0 Å². The molecule has 0 spiro atoms. The molecule has 9 nitrogen and oxygen atoms in total. The molecule has 2 fully saturated rings. The number of benzene rings is 4. The lowest BCUT2D eigenvalue weighted by molar-refractivity contribution is -0.138. The number of hydrogen-bond donors (Lipinski definition) is 1. The second kappa shape index (κ2) is 14.9. The SMILES string of the molecule is Cc1nc2cc(-c3nc4ccccc4o3)cc(C(F)(F)F)c2n1C1CCOCC1.Nc1cc(-c2nc3ccccc3o2)cc(C(F)(F)F)c1CC1CCOCC1. The number of para-hydroxylation sites is 4. The van der Waals surface area contributed by atoms with Crippen molar-refractivity contribution in [3.63, 3.8) is 0 Å². The molecule has 5 heterocycles. The Hall–Kier alpha value is -5.41. The number of rotatable bonds is 5. The van der Waals surface area contributed by atoms with E-state index >= 15 is 0 Å². The van der Waals surface area contributed by atoms with Crippen LogP contribution in [0.1, 0.15) is 54.2 Å². The second-order valence-electron chi connectivity index (χ2n) is 14.1. The summed E-state index contributed by atoms with van der Waals surface area (Å²) in [5.41, 5.74) is 8.02. The van der Waals surface area contributed by atoms with Crippen molar-refractivity contribution in [2.45, 2.75) is 57.4 Å². The summed E-state index contributed by atoms with van der Waals surface area (Å²) < 4.78 is 107. The third-order valence-electron chi connectivity index (χ3n) is 10.3. The Labute approximate surface area is 316 Å². The zero-order valence-electron chi connectivity index (χ0n) is 30.2. The molecule has 3 aromatic heterocycles. The molecule has 7 aromatic rings. The molecule has 0 aliphatic carbocycles. The molecule has 15 heteroatoms. The van der Waals surface area contributed by atoms with Crippen LogP contribution in [-0.2, 0) is 28.2 Å². The normalized spacial score (nSPS) is 16.1. The summed E-state index contributed by atoms with van der Waals surface area (Å²) in [6.07, 6.45) is -5.94. The molecular formula is C41H37F6N5O4. The molecule has 0 atom stereocenters. The topological polar surface area (TPSA) is 114 Å². The Morgan fingerprint density at radius 2 is 1.18 bits per heavy atom. The van der Waals surface area contributed by atoms with Gasteiger partial charge < -0.3 is 28.6 Å². The number of ether oxygens (including phenoxy) is 2. The van der Waals surface area contributed by atoms with Crippen molar-refractivity contribution in [3.8, 4) is 22.9 Å². The van der Waals surface area contributed by atoms with Crippen LogP contribution in [0.4, 0.5) is 32.0 Å². The fourth-order valence-corrected chi connectivity index (χ4v) is 7.61. The number of aromatic nitrogens is 4. The number of nitrogens with zero attached hydrogens (tertiary/aromatic N) is 4. The maximum absolute atomic E-state index is 14.1. The molecule has 9 rings (SSSR count). The van der Waals surface area contributed by atoms with E-state index in [2.05, 4.69) is 15.0 Å². The van der Waals surface area contributed by atoms with Gasteiger partial charge in [0.1, 0.15) is 16.9 Å². The van der Waals surface area contributed by atoms with Crippen LogP contribution in [0.5, 0.6) is 0 Å². The van der Waals surface area contributed by atoms with Crippen molar-refractivity contribution in [1.82, 2.24) is 19.5 Å². The van der Waals surface area contributed by atoms with Crippen molar-refractivity contribution in [2.75, 3.05) is 32.2 Å². The van der Waals surface area contributed by atoms with Crippen molar-refractivity contribution >= 4 is 38.9 Å². The van der Waals surface area contributed by atoms with Gasteiger partial charge in [-0.25, -0.2) is 15.0 Å². The van der Waals surface area contributed by atoms with E-state index in [1.807, 2.05) is 0 Å². The van der Waals surface area contributed by atoms with Gasteiger partial charge in [0.2, 0.25) is 11.8 Å². The number of nitrogens with two attached hydrogens (primary N) is 1. The van der Waals surface area contributed by atoms with Crippen molar-refractivity contribution in [2.24, 2.45) is 5.92 Å². The largest absolute Gasteiger partial charge is 0.436 e. The number of oxazole rings is 2. The summed E-state index contributed by atoms with van der Waals surface area (Å²) >= 11 is 0. The van der Waals surface area contributed by atoms with E-state index in [9.17, 15) is 26.3 Å². The molecule has 0 amide bonds. The smallest absolute Gasteiger partial charge is 0.418 e. The van der Waals surface area contributed by atoms with E-state index in [4.69, 9.17) is 24.0 Å². The maximum atomic E-state index is 14.1. The minimum absolute atomic E-state index is 0.0648. The first-order chi connectivity index (χ1) is 26.8. The lowest BCUT2D eigenvalue weighted by Crippen LogP contribution is -2.21. The minimum Gasteiger partial charge on any atom is -0.436 e. The summed E-state index contributed by atoms with van der Waals surface area (Å²) in [5.74, 6) is 0.979. The fraction of sp³-hybridized carbons (Fsp3) is 0.341. The standard InChI is InChI=1S/C21H18F3N3O2.C20H19F3N2O2/c1-12-25-17-11-13(20-26-16-4-2-3-5-18(16)29-20)10-15(21(22,23)24)19(17)27(12)14-6-8-28-9-7-14;21-20(22,23)15-10-13(19-25-17-3-1-2-4-18(17)27-19)11-16(24)14(15)9-12-5-7-26-8-6-12/h2-5,10-11,14H,6-9H2,1H3;1-4,10-12H,5-9,24H2. The first-order valence-corrected chi connectivity index (χ1v) is 18.3. The van der Waals surface area contributed by atoms with Crippen LogP contribution in [0.15, 0.2) is 81.6 Å². The third kappa shape index (κ3) is 7.57. The summed E-state index contributed by atoms with van der Waals surface area (Å²) in [6.45, 7) is 3.97. The summed E-state index contributed by atoms with van der Waals surface area (Å²) in [7, 11) is 0. The highest BCUT2D eigenvalue weighted by Gasteiger charge is 2.38. The van der Waals surface area contributed by atoms with Gasteiger partial charge in [-0.2, -0.15) is 26.3 Å². The summed E-state index contributed by atoms with van der Waals surface area (Å²) in [4.78, 5) is 13.1. The van der Waals surface area contributed by atoms with Gasteiger partial charge >= 0.3 is 12.4 Å². The Morgan fingerprint density at radius 3 is 1.73 bits per heavy atom. The number of halogens is 6. The van der Waals surface area contributed by atoms with Gasteiger partial charge in [0.05, 0.1) is 22.2 Å².